The van der Waals surface area contributed by atoms with Gasteiger partial charge in [0.25, 0.3) is 0 Å². The van der Waals surface area contributed by atoms with Crippen molar-refractivity contribution >= 4 is 0 Å². The van der Waals surface area contributed by atoms with Gasteiger partial charge < -0.3 is 10.2 Å². The molecule has 0 heterocycles. The quantitative estimate of drug-likeness (QED) is 0.735. The van der Waals surface area contributed by atoms with Crippen molar-refractivity contribution in [2.45, 2.75) is 65.0 Å². The van der Waals surface area contributed by atoms with Crippen LogP contribution in [-0.2, 0) is 0 Å². The summed E-state index contributed by atoms with van der Waals surface area (Å²) in [5.41, 5.74) is 0. The molecule has 0 spiro atoms. The van der Waals surface area contributed by atoms with Gasteiger partial charge in [-0.3, -0.25) is 0 Å². The first-order valence-electron chi connectivity index (χ1n) is 7.44. The molecule has 0 aromatic rings. The van der Waals surface area contributed by atoms with Gasteiger partial charge in [-0.1, -0.05) is 33.6 Å². The predicted octanol–water partition coefficient (Wildman–Crippen LogP) is 3.13. The third-order valence-corrected chi connectivity index (χ3v) is 4.27. The highest BCUT2D eigenvalue weighted by Gasteiger charge is 2.26. The first-order valence-corrected chi connectivity index (χ1v) is 7.44. The fourth-order valence-electron chi connectivity index (χ4n) is 3.10. The Kier molecular flexibility index (Phi) is 6.50. The van der Waals surface area contributed by atoms with Gasteiger partial charge in [-0.2, -0.15) is 0 Å². The maximum atomic E-state index is 3.83. The summed E-state index contributed by atoms with van der Waals surface area (Å²) in [5.74, 6) is 1.71. The van der Waals surface area contributed by atoms with Crippen molar-refractivity contribution in [2.75, 3.05) is 20.6 Å². The molecule has 2 nitrogen and oxygen atoms in total. The topological polar surface area (TPSA) is 15.3 Å². The van der Waals surface area contributed by atoms with Crippen LogP contribution in [0.15, 0.2) is 0 Å². The molecule has 0 saturated heterocycles. The standard InChI is InChI=1S/C15H32N2/c1-6-13-8-7-9-15(13)16-11-14(17(4)5)10-12(2)3/h12-16H,6-11H2,1-5H3. The van der Waals surface area contributed by atoms with Gasteiger partial charge in [-0.05, 0) is 45.2 Å². The molecule has 1 rings (SSSR count). The second-order valence-electron chi connectivity index (χ2n) is 6.36. The number of hydrogen-bond acceptors (Lipinski definition) is 2. The summed E-state index contributed by atoms with van der Waals surface area (Å²) in [5, 5.41) is 3.83. The van der Waals surface area contributed by atoms with Crippen molar-refractivity contribution in [1.29, 1.82) is 0 Å². The van der Waals surface area contributed by atoms with Gasteiger partial charge in [-0.25, -0.2) is 0 Å². The van der Waals surface area contributed by atoms with Crippen molar-refractivity contribution in [1.82, 2.24) is 10.2 Å². The molecule has 3 atom stereocenters. The summed E-state index contributed by atoms with van der Waals surface area (Å²) in [6.07, 6.45) is 6.89. The first-order chi connectivity index (χ1) is 8.04. The van der Waals surface area contributed by atoms with Crippen LogP contribution < -0.4 is 5.32 Å². The molecule has 1 fully saturated rings. The smallest absolute Gasteiger partial charge is 0.0217 e. The minimum absolute atomic E-state index is 0.688. The lowest BCUT2D eigenvalue weighted by atomic mass is 9.99. The van der Waals surface area contributed by atoms with Crippen LogP contribution in [0, 0.1) is 11.8 Å². The van der Waals surface area contributed by atoms with E-state index in [1.165, 1.54) is 32.1 Å². The zero-order valence-corrected chi connectivity index (χ0v) is 12.5. The van der Waals surface area contributed by atoms with E-state index in [1.807, 2.05) is 0 Å². The van der Waals surface area contributed by atoms with Crippen LogP contribution in [0.3, 0.4) is 0 Å². The Balaban J connectivity index is 2.35. The second kappa shape index (κ2) is 7.38. The van der Waals surface area contributed by atoms with Crippen LogP contribution >= 0.6 is 0 Å². The number of rotatable bonds is 7. The van der Waals surface area contributed by atoms with Gasteiger partial charge in [0, 0.05) is 18.6 Å². The largest absolute Gasteiger partial charge is 0.312 e. The van der Waals surface area contributed by atoms with Crippen molar-refractivity contribution in [2.24, 2.45) is 11.8 Å². The normalized spacial score (nSPS) is 27.0. The Morgan fingerprint density at radius 3 is 2.47 bits per heavy atom. The van der Waals surface area contributed by atoms with E-state index < -0.39 is 0 Å². The van der Waals surface area contributed by atoms with E-state index in [0.717, 1.165) is 24.4 Å². The SMILES string of the molecule is CCC1CCCC1NCC(CC(C)C)N(C)C. The number of hydrogen-bond donors (Lipinski definition) is 1. The van der Waals surface area contributed by atoms with Crippen LogP contribution in [0.4, 0.5) is 0 Å². The molecule has 0 aromatic heterocycles. The molecule has 102 valence electrons. The molecule has 0 radical (unpaired) electrons. The van der Waals surface area contributed by atoms with E-state index >= 15 is 0 Å². The lowest BCUT2D eigenvalue weighted by Crippen LogP contribution is -2.43. The van der Waals surface area contributed by atoms with E-state index in [9.17, 15) is 0 Å². The summed E-state index contributed by atoms with van der Waals surface area (Å²) < 4.78 is 0. The molecule has 1 saturated carbocycles. The predicted molar refractivity (Wildman–Crippen MR) is 76.4 cm³/mol. The summed E-state index contributed by atoms with van der Waals surface area (Å²) >= 11 is 0. The Morgan fingerprint density at radius 1 is 1.24 bits per heavy atom. The lowest BCUT2D eigenvalue weighted by molar-refractivity contribution is 0.233. The second-order valence-corrected chi connectivity index (χ2v) is 6.36. The maximum Gasteiger partial charge on any atom is 0.0217 e. The van der Waals surface area contributed by atoms with Gasteiger partial charge in [0.05, 0.1) is 0 Å². The first kappa shape index (κ1) is 15.0. The average molecular weight is 240 g/mol. The fraction of sp³-hybridized carbons (Fsp3) is 1.00. The highest BCUT2D eigenvalue weighted by atomic mass is 15.1. The molecule has 1 aliphatic rings. The summed E-state index contributed by atoms with van der Waals surface area (Å²) in [4.78, 5) is 2.38. The minimum atomic E-state index is 0.688. The molecule has 1 aliphatic carbocycles. The Bertz CT molecular complexity index is 201. The molecule has 0 aromatic carbocycles. The zero-order valence-electron chi connectivity index (χ0n) is 12.5. The van der Waals surface area contributed by atoms with E-state index in [2.05, 4.69) is 45.1 Å². The Labute approximate surface area is 108 Å². The molecule has 0 bridgehead atoms. The van der Waals surface area contributed by atoms with Gasteiger partial charge in [-0.15, -0.1) is 0 Å². The van der Waals surface area contributed by atoms with E-state index in [0.29, 0.717) is 6.04 Å². The number of nitrogens with one attached hydrogen (secondary N) is 1. The molecule has 17 heavy (non-hydrogen) atoms. The van der Waals surface area contributed by atoms with Crippen LogP contribution in [0.5, 0.6) is 0 Å². The highest BCUT2D eigenvalue weighted by molar-refractivity contribution is 4.84. The molecular weight excluding hydrogens is 208 g/mol. The summed E-state index contributed by atoms with van der Waals surface area (Å²) in [6.45, 7) is 8.14. The summed E-state index contributed by atoms with van der Waals surface area (Å²) in [6, 6.07) is 1.47. The van der Waals surface area contributed by atoms with Crippen molar-refractivity contribution in [3.63, 3.8) is 0 Å². The maximum absolute atomic E-state index is 3.83. The van der Waals surface area contributed by atoms with Crippen LogP contribution in [0.2, 0.25) is 0 Å². The number of likely N-dealkylation sites (N-methyl/N-ethyl adjacent to an activating group) is 1. The zero-order chi connectivity index (χ0) is 12.8. The van der Waals surface area contributed by atoms with Crippen molar-refractivity contribution in [3.05, 3.63) is 0 Å². The average Bonchev–Trinajstić information content (AvgIpc) is 2.70. The van der Waals surface area contributed by atoms with Crippen LogP contribution in [0.1, 0.15) is 52.9 Å². The molecule has 0 amide bonds. The van der Waals surface area contributed by atoms with Gasteiger partial charge in [0.1, 0.15) is 0 Å². The third-order valence-electron chi connectivity index (χ3n) is 4.27. The minimum Gasteiger partial charge on any atom is -0.312 e. The van der Waals surface area contributed by atoms with Gasteiger partial charge >= 0.3 is 0 Å². The summed E-state index contributed by atoms with van der Waals surface area (Å²) in [7, 11) is 4.42. The van der Waals surface area contributed by atoms with Gasteiger partial charge in [0.2, 0.25) is 0 Å². The van der Waals surface area contributed by atoms with E-state index in [1.54, 1.807) is 0 Å². The van der Waals surface area contributed by atoms with Crippen LogP contribution in [0.25, 0.3) is 0 Å². The number of nitrogens with zero attached hydrogens (tertiary/aromatic N) is 1. The Morgan fingerprint density at radius 2 is 1.94 bits per heavy atom. The van der Waals surface area contributed by atoms with Crippen LogP contribution in [-0.4, -0.2) is 37.6 Å². The molecule has 0 aliphatic heterocycles. The van der Waals surface area contributed by atoms with Crippen molar-refractivity contribution in [3.8, 4) is 0 Å². The highest BCUT2D eigenvalue weighted by Crippen LogP contribution is 2.28. The van der Waals surface area contributed by atoms with Gasteiger partial charge in [0.15, 0.2) is 0 Å². The monoisotopic (exact) mass is 240 g/mol. The molecule has 2 heteroatoms. The van der Waals surface area contributed by atoms with E-state index in [4.69, 9.17) is 0 Å². The third kappa shape index (κ3) is 4.97. The molecular formula is C15H32N2. The molecule has 1 N–H and O–H groups in total. The van der Waals surface area contributed by atoms with Crippen molar-refractivity contribution < 1.29 is 0 Å². The fourth-order valence-corrected chi connectivity index (χ4v) is 3.10. The lowest BCUT2D eigenvalue weighted by Gasteiger charge is -2.29. The molecule has 3 unspecified atom stereocenters. The Hall–Kier alpha value is -0.0800. The van der Waals surface area contributed by atoms with E-state index in [-0.39, 0.29) is 0 Å².